The lowest BCUT2D eigenvalue weighted by Gasteiger charge is -2.09. The van der Waals surface area contributed by atoms with E-state index in [4.69, 9.17) is 4.99 Å². The van der Waals surface area contributed by atoms with Gasteiger partial charge in [0.2, 0.25) is 5.91 Å². The summed E-state index contributed by atoms with van der Waals surface area (Å²) in [6.07, 6.45) is 5.71. The van der Waals surface area contributed by atoms with Gasteiger partial charge in [0.15, 0.2) is 0 Å². The van der Waals surface area contributed by atoms with Crippen molar-refractivity contribution in [2.45, 2.75) is 6.92 Å². The first-order valence-corrected chi connectivity index (χ1v) is 8.65. The van der Waals surface area contributed by atoms with E-state index >= 15 is 0 Å². The van der Waals surface area contributed by atoms with Crippen LogP contribution in [-0.2, 0) is 4.79 Å². The van der Waals surface area contributed by atoms with E-state index < -0.39 is 0 Å². The molecule has 1 aliphatic rings. The maximum absolute atomic E-state index is 11.4. The van der Waals surface area contributed by atoms with Gasteiger partial charge in [-0.1, -0.05) is 36.4 Å². The lowest BCUT2D eigenvalue weighted by molar-refractivity contribution is -0.114. The molecule has 0 spiro atoms. The smallest absolute Gasteiger partial charge is 0.221 e. The van der Waals surface area contributed by atoms with Crippen molar-refractivity contribution in [3.63, 3.8) is 0 Å². The molecule has 2 heterocycles. The lowest BCUT2D eigenvalue weighted by Crippen LogP contribution is -2.08. The number of rotatable bonds is 3. The molecule has 2 N–H and O–H groups in total. The normalized spacial score (nSPS) is 12.4. The van der Waals surface area contributed by atoms with Crippen LogP contribution in [0.2, 0.25) is 0 Å². The summed E-state index contributed by atoms with van der Waals surface area (Å²) in [6, 6.07) is 19.6. The average Bonchev–Trinajstić information content (AvgIpc) is 2.83. The van der Waals surface area contributed by atoms with Crippen LogP contribution in [-0.4, -0.2) is 16.7 Å². The molecule has 5 heteroatoms. The molecule has 1 amide bonds. The molecule has 2 aromatic carbocycles. The van der Waals surface area contributed by atoms with Crippen molar-refractivity contribution in [2.24, 2.45) is 4.99 Å². The quantitative estimate of drug-likeness (QED) is 0.705. The van der Waals surface area contributed by atoms with Gasteiger partial charge in [-0.3, -0.25) is 9.78 Å². The number of fused-ring (bicyclic) bond motifs is 3. The number of nitrogens with zero attached hydrogens (tertiary/aromatic N) is 2. The van der Waals surface area contributed by atoms with Crippen LogP contribution in [0.3, 0.4) is 0 Å². The van der Waals surface area contributed by atoms with E-state index in [0.717, 1.165) is 39.7 Å². The molecule has 0 atom stereocenters. The van der Waals surface area contributed by atoms with E-state index in [2.05, 4.69) is 15.6 Å². The van der Waals surface area contributed by atoms with Gasteiger partial charge in [-0.15, -0.1) is 0 Å². The minimum Gasteiger partial charge on any atom is -0.338 e. The van der Waals surface area contributed by atoms with Gasteiger partial charge in [-0.25, -0.2) is 4.99 Å². The number of amidine groups is 1. The molecule has 0 saturated heterocycles. The van der Waals surface area contributed by atoms with Crippen LogP contribution in [0.5, 0.6) is 0 Å². The van der Waals surface area contributed by atoms with Gasteiger partial charge in [-0.05, 0) is 42.0 Å². The molecule has 0 fully saturated rings. The first-order valence-electron chi connectivity index (χ1n) is 8.65. The van der Waals surface area contributed by atoms with E-state index in [1.54, 1.807) is 6.20 Å². The van der Waals surface area contributed by atoms with Crippen LogP contribution in [0.1, 0.15) is 12.5 Å². The molecule has 27 heavy (non-hydrogen) atoms. The summed E-state index contributed by atoms with van der Waals surface area (Å²) in [5, 5.41) is 6.16. The first kappa shape index (κ1) is 16.7. The largest absolute Gasteiger partial charge is 0.338 e. The summed E-state index contributed by atoms with van der Waals surface area (Å²) in [7, 11) is 0. The van der Waals surface area contributed by atoms with Crippen LogP contribution >= 0.6 is 0 Å². The van der Waals surface area contributed by atoms with Crippen molar-refractivity contribution in [3.8, 4) is 11.3 Å². The van der Waals surface area contributed by atoms with Crippen LogP contribution in [0.15, 0.2) is 77.9 Å². The van der Waals surface area contributed by atoms with Gasteiger partial charge in [0.1, 0.15) is 5.84 Å². The highest BCUT2D eigenvalue weighted by Crippen LogP contribution is 2.38. The number of carbonyl (C=O) groups excluding carboxylic acids is 1. The van der Waals surface area contributed by atoms with Crippen molar-refractivity contribution in [2.75, 3.05) is 10.6 Å². The molecule has 0 radical (unpaired) electrons. The number of hydrogen-bond donors (Lipinski definition) is 2. The third kappa shape index (κ3) is 3.77. The van der Waals surface area contributed by atoms with Crippen molar-refractivity contribution < 1.29 is 4.79 Å². The predicted octanol–water partition coefficient (Wildman–Crippen LogP) is 4.88. The zero-order chi connectivity index (χ0) is 18.6. The summed E-state index contributed by atoms with van der Waals surface area (Å²) in [5.74, 6) is 0.608. The summed E-state index contributed by atoms with van der Waals surface area (Å²) in [5.41, 5.74) is 5.14. The number of amides is 1. The number of benzene rings is 2. The fraction of sp³-hybridized carbons (Fsp3) is 0.0455. The van der Waals surface area contributed by atoms with E-state index in [0.29, 0.717) is 0 Å². The van der Waals surface area contributed by atoms with E-state index in [9.17, 15) is 4.79 Å². The number of anilines is 2. The standard InChI is InChI=1S/C22H18N4O/c1-15(27)24-17-10-11-19-18(14-17)22-20(8-5-13-23-22)26-21(25-19)12-9-16-6-3-2-4-7-16/h2-14H,1H3,(H,24,27)(H,25,26)/b12-9+. The van der Waals surface area contributed by atoms with Crippen molar-refractivity contribution in [1.29, 1.82) is 0 Å². The van der Waals surface area contributed by atoms with E-state index in [1.807, 2.05) is 72.8 Å². The molecule has 132 valence electrons. The topological polar surface area (TPSA) is 66.4 Å². The fourth-order valence-corrected chi connectivity index (χ4v) is 2.94. The average molecular weight is 354 g/mol. The third-order valence-electron chi connectivity index (χ3n) is 4.12. The zero-order valence-electron chi connectivity index (χ0n) is 14.8. The number of aromatic nitrogens is 1. The minimum absolute atomic E-state index is 0.113. The summed E-state index contributed by atoms with van der Waals surface area (Å²) >= 11 is 0. The maximum atomic E-state index is 11.4. The molecule has 3 aromatic rings. The van der Waals surface area contributed by atoms with Crippen molar-refractivity contribution >= 4 is 34.9 Å². The van der Waals surface area contributed by atoms with Crippen LogP contribution in [0, 0.1) is 0 Å². The van der Waals surface area contributed by atoms with Gasteiger partial charge in [0, 0.05) is 24.4 Å². The Labute approximate surface area is 157 Å². The highest BCUT2D eigenvalue weighted by atomic mass is 16.1. The molecule has 1 aliphatic heterocycles. The van der Waals surface area contributed by atoms with Gasteiger partial charge in [-0.2, -0.15) is 0 Å². The Morgan fingerprint density at radius 2 is 1.89 bits per heavy atom. The van der Waals surface area contributed by atoms with Crippen LogP contribution in [0.25, 0.3) is 17.3 Å². The van der Waals surface area contributed by atoms with Gasteiger partial charge in [0.05, 0.1) is 17.1 Å². The van der Waals surface area contributed by atoms with E-state index in [1.165, 1.54) is 6.92 Å². The molecular weight excluding hydrogens is 336 g/mol. The SMILES string of the molecule is CC(=O)Nc1ccc2c(c1)-c1ncccc1NC(/C=C/c1ccccc1)=N2. The minimum atomic E-state index is -0.113. The second-order valence-corrected chi connectivity index (χ2v) is 6.18. The zero-order valence-corrected chi connectivity index (χ0v) is 14.8. The Hall–Kier alpha value is -3.73. The highest BCUT2D eigenvalue weighted by molar-refractivity contribution is 6.11. The maximum Gasteiger partial charge on any atom is 0.221 e. The van der Waals surface area contributed by atoms with Crippen molar-refractivity contribution in [1.82, 2.24) is 4.98 Å². The number of nitrogens with one attached hydrogen (secondary N) is 2. The fourth-order valence-electron chi connectivity index (χ4n) is 2.94. The molecule has 0 bridgehead atoms. The Bertz CT molecular complexity index is 1050. The molecule has 0 saturated carbocycles. The summed E-state index contributed by atoms with van der Waals surface area (Å²) in [4.78, 5) is 20.7. The second-order valence-electron chi connectivity index (χ2n) is 6.18. The van der Waals surface area contributed by atoms with Crippen LogP contribution < -0.4 is 10.6 Å². The molecule has 0 unspecified atom stereocenters. The second kappa shape index (κ2) is 7.25. The number of aliphatic imine (C=N–C) groups is 1. The summed E-state index contributed by atoms with van der Waals surface area (Å²) < 4.78 is 0. The number of hydrogen-bond acceptors (Lipinski definition) is 4. The Balaban J connectivity index is 1.78. The predicted molar refractivity (Wildman–Crippen MR) is 110 cm³/mol. The highest BCUT2D eigenvalue weighted by Gasteiger charge is 2.16. The third-order valence-corrected chi connectivity index (χ3v) is 4.12. The summed E-state index contributed by atoms with van der Waals surface area (Å²) in [6.45, 7) is 1.49. The monoisotopic (exact) mass is 354 g/mol. The van der Waals surface area contributed by atoms with Gasteiger partial charge >= 0.3 is 0 Å². The van der Waals surface area contributed by atoms with Crippen molar-refractivity contribution in [3.05, 3.63) is 78.5 Å². The van der Waals surface area contributed by atoms with Gasteiger partial charge in [0.25, 0.3) is 0 Å². The molecule has 0 aliphatic carbocycles. The van der Waals surface area contributed by atoms with E-state index in [-0.39, 0.29) is 5.91 Å². The Kier molecular flexibility index (Phi) is 4.49. The molecule has 4 rings (SSSR count). The molecule has 5 nitrogen and oxygen atoms in total. The Morgan fingerprint density at radius 1 is 1.04 bits per heavy atom. The van der Waals surface area contributed by atoms with Crippen LogP contribution in [0.4, 0.5) is 17.1 Å². The first-order chi connectivity index (χ1) is 13.2. The molecular formula is C22H18N4O. The Morgan fingerprint density at radius 3 is 2.70 bits per heavy atom. The number of pyridine rings is 1. The molecule has 1 aromatic heterocycles. The van der Waals surface area contributed by atoms with Gasteiger partial charge < -0.3 is 10.6 Å². The number of carbonyl (C=O) groups is 1. The lowest BCUT2D eigenvalue weighted by atomic mass is 10.1.